The Kier molecular flexibility index (Phi) is 7.84. The number of pyridine rings is 1. The van der Waals surface area contributed by atoms with Crippen molar-refractivity contribution in [2.45, 2.75) is 44.4 Å². The molecule has 5 rings (SSSR count). The number of amidine groups is 1. The number of hydrogen-bond acceptors (Lipinski definition) is 10. The van der Waals surface area contributed by atoms with Gasteiger partial charge in [0.1, 0.15) is 11.7 Å². The molecule has 0 bridgehead atoms. The molecule has 3 aliphatic heterocycles. The molecule has 11 nitrogen and oxygen atoms in total. The van der Waals surface area contributed by atoms with Gasteiger partial charge in [0.25, 0.3) is 5.91 Å². The number of carbonyl (C=O) groups excluding carboxylic acids is 1. The number of fused-ring (bicyclic) bond motifs is 1. The number of halogens is 1. The van der Waals surface area contributed by atoms with Gasteiger partial charge in [-0.05, 0) is 49.9 Å². The van der Waals surface area contributed by atoms with Gasteiger partial charge in [0.2, 0.25) is 11.8 Å². The number of ether oxygens (including phenoxy) is 1. The molecule has 39 heavy (non-hydrogen) atoms. The third-order valence-electron chi connectivity index (χ3n) is 7.18. The van der Waals surface area contributed by atoms with Crippen molar-refractivity contribution in [1.29, 1.82) is 0 Å². The first-order chi connectivity index (χ1) is 18.8. The lowest BCUT2D eigenvalue weighted by Gasteiger charge is -2.35. The molecule has 0 spiro atoms. The quantitative estimate of drug-likeness (QED) is 0.478. The molecular weight excluding hydrogens is 505 g/mol. The van der Waals surface area contributed by atoms with Crippen LogP contribution in [0.25, 0.3) is 11.3 Å². The fourth-order valence-corrected chi connectivity index (χ4v) is 5.35. The lowest BCUT2D eigenvalue weighted by atomic mass is 9.82. The summed E-state index contributed by atoms with van der Waals surface area (Å²) >= 11 is 0. The number of hydroxylamine groups is 1. The van der Waals surface area contributed by atoms with Crippen LogP contribution in [0.2, 0.25) is 0 Å². The van der Waals surface area contributed by atoms with E-state index in [0.29, 0.717) is 48.9 Å². The predicted octanol–water partition coefficient (Wildman–Crippen LogP) is 2.02. The number of rotatable bonds is 6. The van der Waals surface area contributed by atoms with Gasteiger partial charge in [0, 0.05) is 30.4 Å². The molecule has 2 unspecified atom stereocenters. The SMILES string of the molecule is COc1cccc(-c2cc(F)ccc2C2C[C@H]3N=C(N)N=C(C)C3C(NOCC(=O)N3CCC[C@@H](O)C3)=N2)n1. The number of piperidine rings is 1. The molecule has 0 saturated carbocycles. The molecule has 0 aliphatic carbocycles. The smallest absolute Gasteiger partial charge is 0.251 e. The lowest BCUT2D eigenvalue weighted by Crippen LogP contribution is -2.49. The van der Waals surface area contributed by atoms with Crippen molar-refractivity contribution in [2.75, 3.05) is 26.8 Å². The predicted molar refractivity (Wildman–Crippen MR) is 144 cm³/mol. The number of carbonyl (C=O) groups is 1. The Labute approximate surface area is 225 Å². The maximum atomic E-state index is 14.4. The second kappa shape index (κ2) is 11.5. The normalized spacial score (nSPS) is 24.7. The maximum absolute atomic E-state index is 14.4. The van der Waals surface area contributed by atoms with E-state index in [-0.39, 0.29) is 30.4 Å². The average molecular weight is 538 g/mol. The molecule has 4 N–H and O–H groups in total. The van der Waals surface area contributed by atoms with E-state index < -0.39 is 18.0 Å². The van der Waals surface area contributed by atoms with Crippen LogP contribution in [0.1, 0.15) is 37.8 Å². The van der Waals surface area contributed by atoms with Gasteiger partial charge < -0.3 is 20.5 Å². The molecule has 1 amide bonds. The monoisotopic (exact) mass is 537 g/mol. The number of aliphatic hydroxyl groups excluding tert-OH is 1. The maximum Gasteiger partial charge on any atom is 0.251 e. The van der Waals surface area contributed by atoms with E-state index in [4.69, 9.17) is 20.3 Å². The second-order valence-electron chi connectivity index (χ2n) is 9.87. The van der Waals surface area contributed by atoms with Crippen LogP contribution in [0.3, 0.4) is 0 Å². The minimum atomic E-state index is -0.520. The van der Waals surface area contributed by atoms with Gasteiger partial charge in [-0.1, -0.05) is 12.1 Å². The highest BCUT2D eigenvalue weighted by atomic mass is 19.1. The summed E-state index contributed by atoms with van der Waals surface area (Å²) in [4.78, 5) is 38.2. The van der Waals surface area contributed by atoms with Crippen molar-refractivity contribution in [3.8, 4) is 17.1 Å². The standard InChI is InChI=1S/C27H32FN7O4/c1-15-25-22(33-27(29)30-15)12-21(32-26(25)34-39-14-24(37)35-10-4-5-17(36)13-35)18-9-8-16(28)11-19(18)20-6-3-7-23(31-20)38-2/h3,6-9,11,17,21-22,25,36H,4-5,10,12-14H2,1-2H3,(H2,29,33)(H,32,34)/t17-,21?,22-,25?/m1/s1. The zero-order valence-electron chi connectivity index (χ0n) is 21.9. The first-order valence-corrected chi connectivity index (χ1v) is 12.9. The van der Waals surface area contributed by atoms with Gasteiger partial charge in [0.05, 0.1) is 36.9 Å². The van der Waals surface area contributed by atoms with Crippen LogP contribution in [0.15, 0.2) is 51.4 Å². The summed E-state index contributed by atoms with van der Waals surface area (Å²) in [5, 5.41) is 9.89. The van der Waals surface area contributed by atoms with Crippen molar-refractivity contribution in [1.82, 2.24) is 15.4 Å². The Balaban J connectivity index is 1.43. The highest BCUT2D eigenvalue weighted by Crippen LogP contribution is 2.39. The van der Waals surface area contributed by atoms with Crippen LogP contribution in [-0.2, 0) is 9.63 Å². The number of methoxy groups -OCH3 is 1. The van der Waals surface area contributed by atoms with E-state index in [1.54, 1.807) is 29.2 Å². The summed E-state index contributed by atoms with van der Waals surface area (Å²) in [5.41, 5.74) is 11.5. The molecule has 206 valence electrons. The van der Waals surface area contributed by atoms with Gasteiger partial charge >= 0.3 is 0 Å². The van der Waals surface area contributed by atoms with Crippen LogP contribution < -0.4 is 16.0 Å². The number of aromatic nitrogens is 1. The number of hydrogen-bond donors (Lipinski definition) is 3. The molecule has 4 heterocycles. The Morgan fingerprint density at radius 2 is 2.13 bits per heavy atom. The van der Waals surface area contributed by atoms with Crippen molar-refractivity contribution in [2.24, 2.45) is 26.6 Å². The van der Waals surface area contributed by atoms with Crippen LogP contribution >= 0.6 is 0 Å². The van der Waals surface area contributed by atoms with Crippen LogP contribution in [-0.4, -0.2) is 77.4 Å². The molecule has 2 aromatic rings. The molecule has 12 heteroatoms. The number of amides is 1. The number of benzene rings is 1. The summed E-state index contributed by atoms with van der Waals surface area (Å²) in [7, 11) is 1.52. The number of nitrogens with zero attached hydrogens (tertiary/aromatic N) is 5. The fourth-order valence-electron chi connectivity index (χ4n) is 5.35. The van der Waals surface area contributed by atoms with Crippen LogP contribution in [0.5, 0.6) is 5.88 Å². The molecule has 0 radical (unpaired) electrons. The molecule has 1 fully saturated rings. The van der Waals surface area contributed by atoms with Crippen LogP contribution in [0, 0.1) is 11.7 Å². The molecule has 3 aliphatic rings. The van der Waals surface area contributed by atoms with E-state index >= 15 is 0 Å². The number of nitrogens with two attached hydrogens (primary N) is 1. The van der Waals surface area contributed by atoms with Gasteiger partial charge in [-0.2, -0.15) is 0 Å². The Hall–Kier alpha value is -3.90. The number of likely N-dealkylation sites (tertiary alicyclic amines) is 1. The third kappa shape index (κ3) is 5.91. The number of guanidine groups is 1. The summed E-state index contributed by atoms with van der Waals surface area (Å²) in [6.45, 7) is 2.49. The minimum absolute atomic E-state index is 0.183. The molecular formula is C27H32FN7O4. The van der Waals surface area contributed by atoms with Gasteiger partial charge in [-0.25, -0.2) is 19.4 Å². The molecule has 1 saturated heterocycles. The summed E-state index contributed by atoms with van der Waals surface area (Å²) < 4.78 is 19.7. The summed E-state index contributed by atoms with van der Waals surface area (Å²) in [5.74, 6) is 0.0951. The van der Waals surface area contributed by atoms with E-state index in [2.05, 4.69) is 20.4 Å². The first-order valence-electron chi connectivity index (χ1n) is 12.9. The Morgan fingerprint density at radius 3 is 2.92 bits per heavy atom. The highest BCUT2D eigenvalue weighted by molar-refractivity contribution is 6.11. The van der Waals surface area contributed by atoms with Gasteiger partial charge in [0.15, 0.2) is 6.61 Å². The van der Waals surface area contributed by atoms with E-state index in [0.717, 1.165) is 17.7 Å². The van der Waals surface area contributed by atoms with E-state index in [1.165, 1.54) is 19.2 Å². The van der Waals surface area contributed by atoms with Gasteiger partial charge in [-0.3, -0.25) is 20.1 Å². The van der Waals surface area contributed by atoms with Crippen molar-refractivity contribution in [3.63, 3.8) is 0 Å². The van der Waals surface area contributed by atoms with E-state index in [1.807, 2.05) is 6.92 Å². The second-order valence-corrected chi connectivity index (χ2v) is 9.87. The van der Waals surface area contributed by atoms with E-state index in [9.17, 15) is 14.3 Å². The molecule has 4 atom stereocenters. The number of β-amino-alcohol motifs (C(OH)–C–C–N with tert-alkyl or cyclic N) is 1. The number of aliphatic hydroxyl groups is 1. The summed E-state index contributed by atoms with van der Waals surface area (Å²) in [6.07, 6.45) is 1.41. The van der Waals surface area contributed by atoms with Gasteiger partial charge in [-0.15, -0.1) is 0 Å². The minimum Gasteiger partial charge on any atom is -0.481 e. The fraction of sp³-hybridized carbons (Fsp3) is 0.444. The first kappa shape index (κ1) is 26.7. The molecule has 1 aromatic heterocycles. The largest absolute Gasteiger partial charge is 0.481 e. The zero-order valence-corrected chi connectivity index (χ0v) is 21.9. The highest BCUT2D eigenvalue weighted by Gasteiger charge is 2.39. The van der Waals surface area contributed by atoms with Crippen molar-refractivity contribution >= 4 is 23.4 Å². The third-order valence-corrected chi connectivity index (χ3v) is 7.18. The number of nitrogens with one attached hydrogen (secondary N) is 1. The van der Waals surface area contributed by atoms with Crippen molar-refractivity contribution < 1.29 is 23.9 Å². The Morgan fingerprint density at radius 1 is 1.28 bits per heavy atom. The topological polar surface area (TPSA) is 147 Å². The average Bonchev–Trinajstić information content (AvgIpc) is 2.92. The molecule has 1 aromatic carbocycles. The van der Waals surface area contributed by atoms with Crippen LogP contribution in [0.4, 0.5) is 4.39 Å². The van der Waals surface area contributed by atoms with Crippen molar-refractivity contribution in [3.05, 3.63) is 47.8 Å². The lowest BCUT2D eigenvalue weighted by molar-refractivity contribution is -0.140. The Bertz CT molecular complexity index is 1330. The summed E-state index contributed by atoms with van der Waals surface area (Å²) in [6, 6.07) is 9.09. The zero-order chi connectivity index (χ0) is 27.5. The number of aliphatic imine (C=N–C) groups is 3.